The Morgan fingerprint density at radius 3 is 2.70 bits per heavy atom. The molecule has 0 aliphatic carbocycles. The summed E-state index contributed by atoms with van der Waals surface area (Å²) < 4.78 is 0. The molecule has 0 aliphatic rings. The summed E-state index contributed by atoms with van der Waals surface area (Å²) in [4.78, 5) is 11.8. The van der Waals surface area contributed by atoms with Gasteiger partial charge < -0.3 is 10.4 Å². The third-order valence-corrected chi connectivity index (χ3v) is 3.52. The predicted octanol–water partition coefficient (Wildman–Crippen LogP) is 3.53. The molecule has 0 aromatic heterocycles. The van der Waals surface area contributed by atoms with Crippen molar-refractivity contribution < 1.29 is 9.90 Å². The van der Waals surface area contributed by atoms with Crippen LogP contribution in [-0.2, 0) is 4.79 Å². The molecular weight excluding hydrogens is 297 g/mol. The molecule has 3 nitrogen and oxygen atoms in total. The molecule has 1 amide bonds. The first-order valence-electron chi connectivity index (χ1n) is 6.48. The molecule has 20 heavy (non-hydrogen) atoms. The smallest absolute Gasteiger partial charge is 0.244 e. The molecule has 1 atom stereocenters. The zero-order valence-electron chi connectivity index (χ0n) is 11.6. The van der Waals surface area contributed by atoms with Crippen LogP contribution in [0.25, 0.3) is 6.08 Å². The molecular formula is C15H19Cl2NO2. The number of hydrogen-bond donors (Lipinski definition) is 2. The van der Waals surface area contributed by atoms with Gasteiger partial charge in [-0.1, -0.05) is 37.0 Å². The number of nitrogens with one attached hydrogen (secondary N) is 1. The molecule has 0 fully saturated rings. The summed E-state index contributed by atoms with van der Waals surface area (Å²) in [5.74, 6) is 0.0439. The van der Waals surface area contributed by atoms with E-state index >= 15 is 0 Å². The SMILES string of the molecule is CC(C)C(CCO)NC(=O)/C=C/c1cc(Cl)ccc1Cl. The minimum atomic E-state index is -0.215. The Morgan fingerprint density at radius 2 is 2.10 bits per heavy atom. The van der Waals surface area contributed by atoms with Crippen molar-refractivity contribution in [2.24, 2.45) is 5.92 Å². The lowest BCUT2D eigenvalue weighted by molar-refractivity contribution is -0.117. The normalized spacial score (nSPS) is 12.9. The Bertz CT molecular complexity index is 487. The van der Waals surface area contributed by atoms with E-state index in [2.05, 4.69) is 5.32 Å². The summed E-state index contributed by atoms with van der Waals surface area (Å²) in [5.41, 5.74) is 0.692. The molecule has 0 bridgehead atoms. The number of amides is 1. The predicted molar refractivity (Wildman–Crippen MR) is 84.0 cm³/mol. The van der Waals surface area contributed by atoms with E-state index in [1.54, 1.807) is 24.3 Å². The number of carbonyl (C=O) groups excluding carboxylic acids is 1. The molecule has 1 aromatic carbocycles. The first-order valence-corrected chi connectivity index (χ1v) is 7.24. The van der Waals surface area contributed by atoms with Gasteiger partial charge in [-0.2, -0.15) is 0 Å². The maximum absolute atomic E-state index is 11.8. The molecule has 1 unspecified atom stereocenters. The van der Waals surface area contributed by atoms with E-state index in [0.29, 0.717) is 22.0 Å². The maximum atomic E-state index is 11.8. The number of halogens is 2. The van der Waals surface area contributed by atoms with E-state index < -0.39 is 0 Å². The Balaban J connectivity index is 2.69. The fourth-order valence-electron chi connectivity index (χ4n) is 1.75. The van der Waals surface area contributed by atoms with Crippen molar-refractivity contribution >= 4 is 35.2 Å². The van der Waals surface area contributed by atoms with Crippen LogP contribution in [0.1, 0.15) is 25.8 Å². The van der Waals surface area contributed by atoms with Gasteiger partial charge in [-0.15, -0.1) is 0 Å². The van der Waals surface area contributed by atoms with Gasteiger partial charge in [0.1, 0.15) is 0 Å². The third kappa shape index (κ3) is 5.53. The highest BCUT2D eigenvalue weighted by Crippen LogP contribution is 2.21. The molecule has 0 saturated heterocycles. The molecule has 0 heterocycles. The highest BCUT2D eigenvalue weighted by molar-refractivity contribution is 6.34. The third-order valence-electron chi connectivity index (χ3n) is 2.94. The second-order valence-electron chi connectivity index (χ2n) is 4.87. The van der Waals surface area contributed by atoms with Crippen LogP contribution in [0.15, 0.2) is 24.3 Å². The summed E-state index contributed by atoms with van der Waals surface area (Å²) in [7, 11) is 0. The van der Waals surface area contributed by atoms with Gasteiger partial charge in [-0.05, 0) is 42.2 Å². The molecule has 5 heteroatoms. The van der Waals surface area contributed by atoms with Crippen LogP contribution >= 0.6 is 23.2 Å². The minimum absolute atomic E-state index is 0.0486. The molecule has 1 aromatic rings. The number of carbonyl (C=O) groups is 1. The van der Waals surface area contributed by atoms with Gasteiger partial charge in [0.2, 0.25) is 5.91 Å². The standard InChI is InChI=1S/C15H19Cl2NO2/c1-10(2)14(7-8-19)18-15(20)6-3-11-9-12(16)4-5-13(11)17/h3-6,9-10,14,19H,7-8H2,1-2H3,(H,18,20)/b6-3+. The van der Waals surface area contributed by atoms with Crippen LogP contribution in [-0.4, -0.2) is 23.7 Å². The quantitative estimate of drug-likeness (QED) is 0.789. The van der Waals surface area contributed by atoms with Crippen LogP contribution in [0.2, 0.25) is 10.0 Å². The van der Waals surface area contributed by atoms with Crippen LogP contribution in [0.3, 0.4) is 0 Å². The number of hydrogen-bond acceptors (Lipinski definition) is 2. The molecule has 110 valence electrons. The maximum Gasteiger partial charge on any atom is 0.244 e. The summed E-state index contributed by atoms with van der Waals surface area (Å²) in [5, 5.41) is 12.9. The van der Waals surface area contributed by atoms with Crippen molar-refractivity contribution in [3.63, 3.8) is 0 Å². The zero-order chi connectivity index (χ0) is 15.1. The Kier molecular flexibility index (Phi) is 7.06. The van der Waals surface area contributed by atoms with E-state index in [0.717, 1.165) is 0 Å². The lowest BCUT2D eigenvalue weighted by Gasteiger charge is -2.20. The van der Waals surface area contributed by atoms with E-state index in [1.165, 1.54) is 6.08 Å². The van der Waals surface area contributed by atoms with Crippen molar-refractivity contribution in [2.75, 3.05) is 6.61 Å². The molecule has 1 rings (SSSR count). The number of aliphatic hydroxyl groups excluding tert-OH is 1. The number of aliphatic hydroxyl groups is 1. The second-order valence-corrected chi connectivity index (χ2v) is 5.71. The van der Waals surface area contributed by atoms with Gasteiger partial charge in [0, 0.05) is 28.8 Å². The van der Waals surface area contributed by atoms with E-state index in [1.807, 2.05) is 13.8 Å². The molecule has 2 N–H and O–H groups in total. The number of rotatable bonds is 6. The Morgan fingerprint density at radius 1 is 1.40 bits per heavy atom. The van der Waals surface area contributed by atoms with Gasteiger partial charge >= 0.3 is 0 Å². The second kappa shape index (κ2) is 8.30. The Labute approximate surface area is 129 Å². The lowest BCUT2D eigenvalue weighted by Crippen LogP contribution is -2.38. The molecule has 0 spiro atoms. The van der Waals surface area contributed by atoms with Gasteiger partial charge in [-0.25, -0.2) is 0 Å². The highest BCUT2D eigenvalue weighted by atomic mass is 35.5. The molecule has 0 aliphatic heterocycles. The Hall–Kier alpha value is -1.03. The minimum Gasteiger partial charge on any atom is -0.396 e. The summed E-state index contributed by atoms with van der Waals surface area (Å²) >= 11 is 11.9. The van der Waals surface area contributed by atoms with Crippen LogP contribution in [0, 0.1) is 5.92 Å². The lowest BCUT2D eigenvalue weighted by atomic mass is 10.0. The summed E-state index contributed by atoms with van der Waals surface area (Å²) in [6.45, 7) is 4.04. The molecule has 0 radical (unpaired) electrons. The van der Waals surface area contributed by atoms with Crippen LogP contribution in [0.4, 0.5) is 0 Å². The van der Waals surface area contributed by atoms with Crippen molar-refractivity contribution in [1.82, 2.24) is 5.32 Å². The highest BCUT2D eigenvalue weighted by Gasteiger charge is 2.14. The first-order chi connectivity index (χ1) is 9.43. The van der Waals surface area contributed by atoms with E-state index in [-0.39, 0.29) is 24.5 Å². The van der Waals surface area contributed by atoms with E-state index in [9.17, 15) is 4.79 Å². The fraction of sp³-hybridized carbons (Fsp3) is 0.400. The average molecular weight is 316 g/mol. The van der Waals surface area contributed by atoms with Crippen molar-refractivity contribution in [2.45, 2.75) is 26.3 Å². The molecule has 0 saturated carbocycles. The largest absolute Gasteiger partial charge is 0.396 e. The first kappa shape index (κ1) is 17.0. The van der Waals surface area contributed by atoms with Gasteiger partial charge in [-0.3, -0.25) is 4.79 Å². The fourth-order valence-corrected chi connectivity index (χ4v) is 2.11. The van der Waals surface area contributed by atoms with Crippen LogP contribution in [0.5, 0.6) is 0 Å². The van der Waals surface area contributed by atoms with Crippen molar-refractivity contribution in [3.8, 4) is 0 Å². The zero-order valence-corrected chi connectivity index (χ0v) is 13.1. The monoisotopic (exact) mass is 315 g/mol. The van der Waals surface area contributed by atoms with E-state index in [4.69, 9.17) is 28.3 Å². The van der Waals surface area contributed by atoms with Crippen molar-refractivity contribution in [3.05, 3.63) is 39.9 Å². The summed E-state index contributed by atoms with van der Waals surface area (Å²) in [6, 6.07) is 5.02. The number of benzene rings is 1. The van der Waals surface area contributed by atoms with Gasteiger partial charge in [0.15, 0.2) is 0 Å². The van der Waals surface area contributed by atoms with Gasteiger partial charge in [0.05, 0.1) is 0 Å². The van der Waals surface area contributed by atoms with Crippen LogP contribution < -0.4 is 5.32 Å². The van der Waals surface area contributed by atoms with Gasteiger partial charge in [0.25, 0.3) is 0 Å². The van der Waals surface area contributed by atoms with Crippen molar-refractivity contribution in [1.29, 1.82) is 0 Å². The summed E-state index contributed by atoms with van der Waals surface area (Å²) in [6.07, 6.45) is 3.58. The average Bonchev–Trinajstić information content (AvgIpc) is 2.39. The topological polar surface area (TPSA) is 49.3 Å².